The minimum Gasteiger partial charge on any atom is -0.497 e. The summed E-state index contributed by atoms with van der Waals surface area (Å²) in [6.07, 6.45) is 2.66. The summed E-state index contributed by atoms with van der Waals surface area (Å²) in [5, 5.41) is 9.27. The van der Waals surface area contributed by atoms with Gasteiger partial charge in [-0.25, -0.2) is 0 Å². The van der Waals surface area contributed by atoms with Crippen molar-refractivity contribution in [3.63, 3.8) is 0 Å². The van der Waals surface area contributed by atoms with Crippen LogP contribution in [0.1, 0.15) is 12.8 Å². The molecular formula is C25H27N5O3. The Labute approximate surface area is 192 Å². The first-order chi connectivity index (χ1) is 16.1. The molecule has 8 heteroatoms. The van der Waals surface area contributed by atoms with Gasteiger partial charge in [-0.3, -0.25) is 4.79 Å². The molecule has 1 amide bonds. The molecule has 170 valence electrons. The highest BCUT2D eigenvalue weighted by Gasteiger charge is 2.22. The molecule has 8 nitrogen and oxygen atoms in total. The van der Waals surface area contributed by atoms with Gasteiger partial charge in [-0.2, -0.15) is 0 Å². The lowest BCUT2D eigenvalue weighted by atomic mass is 10.1. The topological polar surface area (TPSA) is 76.6 Å². The number of ether oxygens (including phenoxy) is 1. The lowest BCUT2D eigenvalue weighted by molar-refractivity contribution is -0.132. The molecule has 1 saturated heterocycles. The van der Waals surface area contributed by atoms with Gasteiger partial charge in [0.15, 0.2) is 0 Å². The average molecular weight is 446 g/mol. The Balaban J connectivity index is 1.26. The summed E-state index contributed by atoms with van der Waals surface area (Å²) in [6.45, 7) is 5.32. The van der Waals surface area contributed by atoms with E-state index in [9.17, 15) is 4.79 Å². The van der Waals surface area contributed by atoms with Gasteiger partial charge < -0.3 is 23.5 Å². The third kappa shape index (κ3) is 4.28. The molecule has 0 spiro atoms. The van der Waals surface area contributed by atoms with Gasteiger partial charge in [0, 0.05) is 55.6 Å². The van der Waals surface area contributed by atoms with Crippen molar-refractivity contribution in [1.29, 1.82) is 0 Å². The highest BCUT2D eigenvalue weighted by atomic mass is 16.5. The van der Waals surface area contributed by atoms with Crippen LogP contribution in [-0.4, -0.2) is 58.9 Å². The van der Waals surface area contributed by atoms with Crippen molar-refractivity contribution < 1.29 is 13.9 Å². The smallest absolute Gasteiger partial charge is 0.247 e. The first kappa shape index (κ1) is 21.1. The van der Waals surface area contributed by atoms with E-state index in [-0.39, 0.29) is 5.91 Å². The normalized spacial score (nSPS) is 14.1. The molecule has 1 fully saturated rings. The van der Waals surface area contributed by atoms with Gasteiger partial charge in [0.25, 0.3) is 0 Å². The second-order valence-electron chi connectivity index (χ2n) is 8.14. The van der Waals surface area contributed by atoms with Crippen molar-refractivity contribution in [2.75, 3.05) is 38.2 Å². The second kappa shape index (κ2) is 8.97. The number of benzene rings is 2. The molecule has 1 aliphatic heterocycles. The van der Waals surface area contributed by atoms with Crippen molar-refractivity contribution in [2.24, 2.45) is 0 Å². The number of carbonyl (C=O) groups excluding carboxylic acids is 1. The summed E-state index contributed by atoms with van der Waals surface area (Å²) >= 11 is 0. The third-order valence-corrected chi connectivity index (χ3v) is 6.17. The van der Waals surface area contributed by atoms with Gasteiger partial charge in [-0.1, -0.05) is 13.0 Å². The molecule has 5 rings (SSSR count). The maximum absolute atomic E-state index is 13.1. The van der Waals surface area contributed by atoms with E-state index in [1.54, 1.807) is 7.11 Å². The van der Waals surface area contributed by atoms with Gasteiger partial charge in [0.2, 0.25) is 17.7 Å². The standard InChI is InChI=1S/C25H27N5O3/c1-3-23-26-27-25(33-23)19-5-4-18-10-11-30(22(18)16-19)17-24(31)29-14-12-28(13-15-29)20-6-8-21(32-2)9-7-20/h4-11,16H,3,12-15,17H2,1-2H3. The van der Waals surface area contributed by atoms with Crippen LogP contribution in [0, 0.1) is 0 Å². The van der Waals surface area contributed by atoms with E-state index in [0.717, 1.165) is 41.0 Å². The zero-order chi connectivity index (χ0) is 22.8. The fourth-order valence-corrected chi connectivity index (χ4v) is 4.22. The van der Waals surface area contributed by atoms with Crippen LogP contribution in [0.5, 0.6) is 5.75 Å². The Morgan fingerprint density at radius 3 is 2.52 bits per heavy atom. The molecule has 0 unspecified atom stereocenters. The molecule has 2 aromatic heterocycles. The molecule has 0 bridgehead atoms. The van der Waals surface area contributed by atoms with Crippen LogP contribution in [0.15, 0.2) is 59.1 Å². The molecule has 1 aliphatic rings. The van der Waals surface area contributed by atoms with E-state index in [1.807, 2.05) is 59.0 Å². The van der Waals surface area contributed by atoms with E-state index in [4.69, 9.17) is 9.15 Å². The predicted molar refractivity (Wildman–Crippen MR) is 126 cm³/mol. The molecule has 0 atom stereocenters. The number of amides is 1. The maximum atomic E-state index is 13.1. The molecular weight excluding hydrogens is 418 g/mol. The van der Waals surface area contributed by atoms with Crippen molar-refractivity contribution in [2.45, 2.75) is 19.9 Å². The average Bonchev–Trinajstić information content (AvgIpc) is 3.51. The number of hydrogen-bond acceptors (Lipinski definition) is 6. The van der Waals surface area contributed by atoms with Crippen molar-refractivity contribution >= 4 is 22.5 Å². The summed E-state index contributed by atoms with van der Waals surface area (Å²) < 4.78 is 12.9. The minimum atomic E-state index is 0.123. The minimum absolute atomic E-state index is 0.123. The van der Waals surface area contributed by atoms with Crippen LogP contribution < -0.4 is 9.64 Å². The predicted octanol–water partition coefficient (Wildman–Crippen LogP) is 3.61. The molecule has 2 aromatic carbocycles. The number of rotatable bonds is 6. The molecule has 0 saturated carbocycles. The van der Waals surface area contributed by atoms with Gasteiger partial charge >= 0.3 is 0 Å². The molecule has 0 N–H and O–H groups in total. The number of anilines is 1. The zero-order valence-corrected chi connectivity index (χ0v) is 18.9. The summed E-state index contributed by atoms with van der Waals surface area (Å²) in [5.74, 6) is 2.09. The van der Waals surface area contributed by atoms with Crippen molar-refractivity contribution in [1.82, 2.24) is 19.7 Å². The van der Waals surface area contributed by atoms with Crippen molar-refractivity contribution in [3.05, 3.63) is 60.6 Å². The lowest BCUT2D eigenvalue weighted by Crippen LogP contribution is -2.49. The highest BCUT2D eigenvalue weighted by Crippen LogP contribution is 2.25. The summed E-state index contributed by atoms with van der Waals surface area (Å²) in [4.78, 5) is 17.3. The molecule has 0 aliphatic carbocycles. The first-order valence-electron chi connectivity index (χ1n) is 11.2. The number of aromatic nitrogens is 3. The molecule has 4 aromatic rings. The third-order valence-electron chi connectivity index (χ3n) is 6.17. The van der Waals surface area contributed by atoms with Gasteiger partial charge in [0.05, 0.1) is 7.11 Å². The number of piperazine rings is 1. The van der Waals surface area contributed by atoms with Crippen LogP contribution >= 0.6 is 0 Å². The number of carbonyl (C=O) groups is 1. The first-order valence-corrected chi connectivity index (χ1v) is 11.2. The Kier molecular flexibility index (Phi) is 5.73. The summed E-state index contributed by atoms with van der Waals surface area (Å²) in [6, 6.07) is 16.1. The Hall–Kier alpha value is -3.81. The zero-order valence-electron chi connectivity index (χ0n) is 18.9. The monoisotopic (exact) mass is 445 g/mol. The maximum Gasteiger partial charge on any atom is 0.247 e. The van der Waals surface area contributed by atoms with Crippen LogP contribution in [0.3, 0.4) is 0 Å². The van der Waals surface area contributed by atoms with Gasteiger partial charge in [0.1, 0.15) is 12.3 Å². The molecule has 3 heterocycles. The second-order valence-corrected chi connectivity index (χ2v) is 8.14. The fourth-order valence-electron chi connectivity index (χ4n) is 4.22. The number of fused-ring (bicyclic) bond motifs is 1. The molecule has 0 radical (unpaired) electrons. The fraction of sp³-hybridized carbons (Fsp3) is 0.320. The van der Waals surface area contributed by atoms with Crippen molar-refractivity contribution in [3.8, 4) is 17.2 Å². The van der Waals surface area contributed by atoms with E-state index in [0.29, 0.717) is 37.8 Å². The van der Waals surface area contributed by atoms with E-state index in [1.165, 1.54) is 0 Å². The lowest BCUT2D eigenvalue weighted by Gasteiger charge is -2.36. The molecule has 33 heavy (non-hydrogen) atoms. The largest absolute Gasteiger partial charge is 0.497 e. The number of hydrogen-bond donors (Lipinski definition) is 0. The Bertz CT molecular complexity index is 1250. The van der Waals surface area contributed by atoms with Gasteiger partial charge in [-0.05, 0) is 47.9 Å². The quantitative estimate of drug-likeness (QED) is 0.451. The van der Waals surface area contributed by atoms with E-state index < -0.39 is 0 Å². The van der Waals surface area contributed by atoms with Crippen LogP contribution in [0.25, 0.3) is 22.4 Å². The summed E-state index contributed by atoms with van der Waals surface area (Å²) in [5.41, 5.74) is 2.99. The SMILES string of the molecule is CCc1nnc(-c2ccc3ccn(CC(=O)N4CCN(c5ccc(OC)cc5)CC4)c3c2)o1. The van der Waals surface area contributed by atoms with Crippen LogP contribution in [0.2, 0.25) is 0 Å². The number of nitrogens with zero attached hydrogens (tertiary/aromatic N) is 5. The number of methoxy groups -OCH3 is 1. The van der Waals surface area contributed by atoms with Gasteiger partial charge in [-0.15, -0.1) is 10.2 Å². The highest BCUT2D eigenvalue weighted by molar-refractivity contribution is 5.86. The Morgan fingerprint density at radius 2 is 1.82 bits per heavy atom. The Morgan fingerprint density at radius 1 is 1.03 bits per heavy atom. The van der Waals surface area contributed by atoms with E-state index >= 15 is 0 Å². The van der Waals surface area contributed by atoms with E-state index in [2.05, 4.69) is 27.2 Å². The van der Waals surface area contributed by atoms with Crippen LogP contribution in [0.4, 0.5) is 5.69 Å². The number of aryl methyl sites for hydroxylation is 1. The summed E-state index contributed by atoms with van der Waals surface area (Å²) in [7, 11) is 1.67. The van der Waals surface area contributed by atoms with Crippen LogP contribution in [-0.2, 0) is 17.8 Å².